The molecule has 26 heavy (non-hydrogen) atoms. The minimum atomic E-state index is -0.495. The summed E-state index contributed by atoms with van der Waals surface area (Å²) < 4.78 is 0.776. The van der Waals surface area contributed by atoms with E-state index in [-0.39, 0.29) is 11.7 Å². The van der Waals surface area contributed by atoms with E-state index in [4.69, 9.17) is 5.73 Å². The number of amides is 2. The average molecular weight is 393 g/mol. The van der Waals surface area contributed by atoms with Crippen molar-refractivity contribution in [2.24, 2.45) is 5.73 Å². The summed E-state index contributed by atoms with van der Waals surface area (Å²) in [6, 6.07) is 6.47. The van der Waals surface area contributed by atoms with Crippen molar-refractivity contribution in [2.75, 3.05) is 49.2 Å². The first kappa shape index (κ1) is 18.6. The number of hydrogen-bond acceptors (Lipinski definition) is 8. The quantitative estimate of drug-likeness (QED) is 0.710. The molecule has 1 fully saturated rings. The topological polar surface area (TPSA) is 104 Å². The highest BCUT2D eigenvalue weighted by Gasteiger charge is 2.18. The molecule has 3 N–H and O–H groups in total. The molecule has 1 saturated heterocycles. The molecule has 0 bridgehead atoms. The number of benzene rings is 1. The monoisotopic (exact) mass is 392 g/mol. The Hall–Kier alpha value is -2.17. The number of anilines is 2. The van der Waals surface area contributed by atoms with Crippen LogP contribution in [0.15, 0.2) is 28.6 Å². The van der Waals surface area contributed by atoms with E-state index >= 15 is 0 Å². The smallest absolute Gasteiger partial charge is 0.248 e. The number of hydrogen-bond donors (Lipinski definition) is 2. The molecule has 1 aliphatic rings. The molecule has 1 aliphatic heterocycles. The Morgan fingerprint density at radius 3 is 2.54 bits per heavy atom. The lowest BCUT2D eigenvalue weighted by Crippen LogP contribution is -2.44. The van der Waals surface area contributed by atoms with Crippen molar-refractivity contribution in [3.63, 3.8) is 0 Å². The molecule has 2 heterocycles. The second-order valence-corrected chi connectivity index (χ2v) is 8.10. The maximum absolute atomic E-state index is 12.1. The van der Waals surface area contributed by atoms with Crippen LogP contribution in [0.25, 0.3) is 0 Å². The third-order valence-corrected chi connectivity index (χ3v) is 6.07. The number of primary amides is 1. The zero-order chi connectivity index (χ0) is 18.5. The first-order valence-electron chi connectivity index (χ1n) is 8.11. The predicted molar refractivity (Wildman–Crippen MR) is 104 cm³/mol. The van der Waals surface area contributed by atoms with Crippen LogP contribution in [0.2, 0.25) is 0 Å². The van der Waals surface area contributed by atoms with Crippen LogP contribution in [0.5, 0.6) is 0 Å². The SMILES string of the molecule is CN1CCN(c2nnc(SCC(=O)Nc3ccc(C(N)=O)cc3)s2)CC1. The molecule has 0 unspecified atom stereocenters. The highest BCUT2D eigenvalue weighted by molar-refractivity contribution is 8.01. The molecule has 0 saturated carbocycles. The maximum atomic E-state index is 12.1. The van der Waals surface area contributed by atoms with E-state index in [2.05, 4.69) is 32.4 Å². The molecule has 2 amide bonds. The zero-order valence-corrected chi connectivity index (χ0v) is 16.0. The van der Waals surface area contributed by atoms with Gasteiger partial charge in [0, 0.05) is 37.4 Å². The van der Waals surface area contributed by atoms with E-state index in [1.165, 1.54) is 23.1 Å². The Labute approximate surface area is 159 Å². The summed E-state index contributed by atoms with van der Waals surface area (Å²) in [5.74, 6) is -0.390. The minimum absolute atomic E-state index is 0.141. The number of likely N-dealkylation sites (N-methyl/N-ethyl adjacent to an activating group) is 1. The van der Waals surface area contributed by atoms with E-state index in [1.807, 2.05) is 0 Å². The molecule has 3 rings (SSSR count). The molecule has 8 nitrogen and oxygen atoms in total. The van der Waals surface area contributed by atoms with E-state index in [0.717, 1.165) is 35.7 Å². The van der Waals surface area contributed by atoms with E-state index in [0.29, 0.717) is 11.3 Å². The summed E-state index contributed by atoms with van der Waals surface area (Å²) in [7, 11) is 2.11. The predicted octanol–water partition coefficient (Wildman–Crippen LogP) is 1.12. The average Bonchev–Trinajstić information content (AvgIpc) is 3.10. The van der Waals surface area contributed by atoms with Gasteiger partial charge in [-0.05, 0) is 31.3 Å². The molecule has 1 aromatic carbocycles. The van der Waals surface area contributed by atoms with Crippen LogP contribution in [0, 0.1) is 0 Å². The fourth-order valence-electron chi connectivity index (χ4n) is 2.43. The molecular formula is C16H20N6O2S2. The first-order chi connectivity index (χ1) is 12.5. The van der Waals surface area contributed by atoms with Gasteiger partial charge in [-0.1, -0.05) is 23.1 Å². The fraction of sp³-hybridized carbons (Fsp3) is 0.375. The second kappa shape index (κ2) is 8.47. The Bertz CT molecular complexity index is 771. The van der Waals surface area contributed by atoms with Crippen molar-refractivity contribution in [1.29, 1.82) is 0 Å². The number of nitrogens with one attached hydrogen (secondary N) is 1. The molecule has 138 valence electrons. The van der Waals surface area contributed by atoms with Crippen molar-refractivity contribution >= 4 is 45.7 Å². The molecule has 0 atom stereocenters. The molecule has 2 aromatic rings. The van der Waals surface area contributed by atoms with Crippen molar-refractivity contribution in [3.8, 4) is 0 Å². The highest BCUT2D eigenvalue weighted by Crippen LogP contribution is 2.28. The largest absolute Gasteiger partial charge is 0.366 e. The normalized spacial score (nSPS) is 15.0. The van der Waals surface area contributed by atoms with Gasteiger partial charge >= 0.3 is 0 Å². The third-order valence-electron chi connectivity index (χ3n) is 3.95. The lowest BCUT2D eigenvalue weighted by molar-refractivity contribution is -0.113. The van der Waals surface area contributed by atoms with Crippen LogP contribution in [0.4, 0.5) is 10.8 Å². The van der Waals surface area contributed by atoms with Gasteiger partial charge in [0.15, 0.2) is 4.34 Å². The number of thioether (sulfide) groups is 1. The van der Waals surface area contributed by atoms with Gasteiger partial charge in [-0.25, -0.2) is 0 Å². The highest BCUT2D eigenvalue weighted by atomic mass is 32.2. The van der Waals surface area contributed by atoms with Gasteiger partial charge in [0.25, 0.3) is 0 Å². The van der Waals surface area contributed by atoms with Gasteiger partial charge in [0.1, 0.15) is 0 Å². The second-order valence-electron chi connectivity index (χ2n) is 5.92. The third kappa shape index (κ3) is 4.93. The van der Waals surface area contributed by atoms with Crippen LogP contribution >= 0.6 is 23.1 Å². The van der Waals surface area contributed by atoms with E-state index in [1.54, 1.807) is 24.3 Å². The van der Waals surface area contributed by atoms with E-state index < -0.39 is 5.91 Å². The molecule has 1 aromatic heterocycles. The molecular weight excluding hydrogens is 372 g/mol. The zero-order valence-electron chi connectivity index (χ0n) is 14.3. The number of rotatable bonds is 6. The minimum Gasteiger partial charge on any atom is -0.366 e. The number of carbonyl (C=O) groups is 2. The van der Waals surface area contributed by atoms with Gasteiger partial charge < -0.3 is 20.9 Å². The van der Waals surface area contributed by atoms with Crippen LogP contribution in [0.1, 0.15) is 10.4 Å². The fourth-order valence-corrected chi connectivity index (χ4v) is 4.12. The van der Waals surface area contributed by atoms with Gasteiger partial charge in [0.2, 0.25) is 16.9 Å². The van der Waals surface area contributed by atoms with Crippen LogP contribution < -0.4 is 16.0 Å². The van der Waals surface area contributed by atoms with Gasteiger partial charge in [0.05, 0.1) is 5.75 Å². The number of carbonyl (C=O) groups excluding carboxylic acids is 2. The van der Waals surface area contributed by atoms with E-state index in [9.17, 15) is 9.59 Å². The number of aromatic nitrogens is 2. The summed E-state index contributed by atoms with van der Waals surface area (Å²) in [6.07, 6.45) is 0. The Morgan fingerprint density at radius 1 is 1.19 bits per heavy atom. The number of nitrogens with two attached hydrogens (primary N) is 1. The molecule has 0 spiro atoms. The lowest BCUT2D eigenvalue weighted by atomic mass is 10.2. The van der Waals surface area contributed by atoms with Crippen molar-refractivity contribution in [3.05, 3.63) is 29.8 Å². The molecule has 0 aliphatic carbocycles. The Morgan fingerprint density at radius 2 is 1.88 bits per heavy atom. The first-order valence-corrected chi connectivity index (χ1v) is 9.91. The standard InChI is InChI=1S/C16H20N6O2S2/c1-21-6-8-22(9-7-21)15-19-20-16(26-15)25-10-13(23)18-12-4-2-11(3-5-12)14(17)24/h2-5H,6-10H2,1H3,(H2,17,24)(H,18,23). The lowest BCUT2D eigenvalue weighted by Gasteiger charge is -2.31. The van der Waals surface area contributed by atoms with Crippen molar-refractivity contribution in [1.82, 2.24) is 15.1 Å². The summed E-state index contributed by atoms with van der Waals surface area (Å²) in [4.78, 5) is 27.6. The number of nitrogens with zero attached hydrogens (tertiary/aromatic N) is 4. The molecule has 10 heteroatoms. The summed E-state index contributed by atoms with van der Waals surface area (Å²) in [6.45, 7) is 3.91. The van der Waals surface area contributed by atoms with Crippen molar-refractivity contribution in [2.45, 2.75) is 4.34 Å². The van der Waals surface area contributed by atoms with Crippen molar-refractivity contribution < 1.29 is 9.59 Å². The van der Waals surface area contributed by atoms with Gasteiger partial charge in [-0.2, -0.15) is 0 Å². The van der Waals surface area contributed by atoms with Gasteiger partial charge in [-0.15, -0.1) is 10.2 Å². The van der Waals surface area contributed by atoms with Crippen LogP contribution in [-0.4, -0.2) is 65.9 Å². The summed E-state index contributed by atoms with van der Waals surface area (Å²) in [5.41, 5.74) is 6.22. The Balaban J connectivity index is 1.48. The molecule has 0 radical (unpaired) electrons. The van der Waals surface area contributed by atoms with Gasteiger partial charge in [-0.3, -0.25) is 9.59 Å². The van der Waals surface area contributed by atoms with Crippen LogP contribution in [0.3, 0.4) is 0 Å². The number of piperazine rings is 1. The Kier molecular flexibility index (Phi) is 6.07. The summed E-state index contributed by atoms with van der Waals surface area (Å²) >= 11 is 2.87. The maximum Gasteiger partial charge on any atom is 0.248 e. The summed E-state index contributed by atoms with van der Waals surface area (Å²) in [5, 5.41) is 12.1. The van der Waals surface area contributed by atoms with Crippen LogP contribution in [-0.2, 0) is 4.79 Å².